The smallest absolute Gasteiger partial charge is 0.216 e. The number of piperidine rings is 1. The van der Waals surface area contributed by atoms with Crippen LogP contribution in [-0.4, -0.2) is 32.4 Å². The summed E-state index contributed by atoms with van der Waals surface area (Å²) in [5.41, 5.74) is 8.28. The minimum atomic E-state index is -3.41. The van der Waals surface area contributed by atoms with E-state index in [4.69, 9.17) is 5.73 Å². The van der Waals surface area contributed by atoms with Crippen molar-refractivity contribution < 1.29 is 8.42 Å². The van der Waals surface area contributed by atoms with Crippen LogP contribution in [0.2, 0.25) is 0 Å². The first-order valence-corrected chi connectivity index (χ1v) is 10.3. The lowest BCUT2D eigenvalue weighted by Gasteiger charge is -2.33. The molecule has 1 aliphatic heterocycles. The van der Waals surface area contributed by atoms with Crippen LogP contribution < -0.4 is 10.5 Å². The van der Waals surface area contributed by atoms with Gasteiger partial charge in [0.1, 0.15) is 0 Å². The maximum atomic E-state index is 12.5. The number of rotatable bonds is 6. The van der Waals surface area contributed by atoms with Crippen molar-refractivity contribution in [1.82, 2.24) is 9.62 Å². The Morgan fingerprint density at radius 1 is 1.08 bits per heavy atom. The molecule has 0 aliphatic carbocycles. The maximum Gasteiger partial charge on any atom is 0.216 e. The van der Waals surface area contributed by atoms with Gasteiger partial charge in [0.05, 0.1) is 5.75 Å². The summed E-state index contributed by atoms with van der Waals surface area (Å²) < 4.78 is 27.9. The van der Waals surface area contributed by atoms with Gasteiger partial charge in [-0.2, -0.15) is 0 Å². The van der Waals surface area contributed by atoms with Gasteiger partial charge in [-0.05, 0) is 36.6 Å². The van der Waals surface area contributed by atoms with E-state index in [0.29, 0.717) is 11.3 Å². The van der Waals surface area contributed by atoms with Gasteiger partial charge in [-0.1, -0.05) is 48.5 Å². The molecule has 0 bridgehead atoms. The molecular formula is C19H25N3O2S. The third-order valence-electron chi connectivity index (χ3n) is 4.50. The molecule has 134 valence electrons. The van der Waals surface area contributed by atoms with E-state index < -0.39 is 10.0 Å². The van der Waals surface area contributed by atoms with Gasteiger partial charge in [0.15, 0.2) is 0 Å². The van der Waals surface area contributed by atoms with Gasteiger partial charge in [-0.25, -0.2) is 13.1 Å². The van der Waals surface area contributed by atoms with Gasteiger partial charge < -0.3 is 5.73 Å². The number of nitrogens with one attached hydrogen (secondary N) is 1. The van der Waals surface area contributed by atoms with E-state index in [1.807, 2.05) is 30.3 Å². The number of hydrogen-bond donors (Lipinski definition) is 2. The zero-order valence-corrected chi connectivity index (χ0v) is 15.1. The lowest BCUT2D eigenvalue weighted by molar-refractivity contribution is 0.194. The number of likely N-dealkylation sites (tertiary alicyclic amines) is 1. The Hall–Kier alpha value is -1.89. The van der Waals surface area contributed by atoms with Crippen molar-refractivity contribution in [3.05, 3.63) is 65.7 Å². The molecular weight excluding hydrogens is 334 g/mol. The van der Waals surface area contributed by atoms with Gasteiger partial charge >= 0.3 is 0 Å². The molecule has 1 fully saturated rings. The van der Waals surface area contributed by atoms with Crippen molar-refractivity contribution in [2.24, 2.45) is 0 Å². The van der Waals surface area contributed by atoms with Crippen molar-refractivity contribution >= 4 is 15.7 Å². The molecule has 0 saturated carbocycles. The van der Waals surface area contributed by atoms with Crippen LogP contribution in [0.1, 0.15) is 24.0 Å². The Bertz CT molecular complexity index is 793. The lowest BCUT2D eigenvalue weighted by atomic mass is 10.1. The fourth-order valence-electron chi connectivity index (χ4n) is 3.30. The second-order valence-electron chi connectivity index (χ2n) is 6.64. The van der Waals surface area contributed by atoms with Crippen molar-refractivity contribution in [2.75, 3.05) is 18.8 Å². The minimum Gasteiger partial charge on any atom is -0.398 e. The first-order valence-electron chi connectivity index (χ1n) is 8.61. The summed E-state index contributed by atoms with van der Waals surface area (Å²) in [6, 6.07) is 17.3. The third kappa shape index (κ3) is 5.29. The number of nitrogen functional groups attached to an aromatic ring is 1. The SMILES string of the molecule is Nc1ccccc1CS(=O)(=O)NC1CCCN(Cc2ccccc2)C1. The Morgan fingerprint density at radius 2 is 1.80 bits per heavy atom. The van der Waals surface area contributed by atoms with Crippen molar-refractivity contribution in [1.29, 1.82) is 0 Å². The average Bonchev–Trinajstić information content (AvgIpc) is 2.57. The fraction of sp³-hybridized carbons (Fsp3) is 0.368. The molecule has 1 saturated heterocycles. The molecule has 1 heterocycles. The van der Waals surface area contributed by atoms with Crippen LogP contribution in [-0.2, 0) is 22.3 Å². The van der Waals surface area contributed by atoms with E-state index >= 15 is 0 Å². The number of nitrogens with two attached hydrogens (primary N) is 1. The number of para-hydroxylation sites is 1. The summed E-state index contributed by atoms with van der Waals surface area (Å²) in [7, 11) is -3.41. The summed E-state index contributed by atoms with van der Waals surface area (Å²) in [6.45, 7) is 2.59. The predicted octanol–water partition coefficient (Wildman–Crippen LogP) is 2.35. The highest BCUT2D eigenvalue weighted by atomic mass is 32.2. The average molecular weight is 359 g/mol. The zero-order valence-electron chi connectivity index (χ0n) is 14.3. The van der Waals surface area contributed by atoms with Gasteiger partial charge in [-0.15, -0.1) is 0 Å². The standard InChI is InChI=1S/C19H25N3O2S/c20-19-11-5-4-9-17(19)15-25(23,24)21-18-10-6-12-22(14-18)13-16-7-2-1-3-8-16/h1-5,7-9,11,18,21H,6,10,12-15,20H2. The summed E-state index contributed by atoms with van der Waals surface area (Å²) >= 11 is 0. The number of anilines is 1. The fourth-order valence-corrected chi connectivity index (χ4v) is 4.76. The molecule has 2 aromatic carbocycles. The lowest BCUT2D eigenvalue weighted by Crippen LogP contribution is -2.47. The number of nitrogens with zero attached hydrogens (tertiary/aromatic N) is 1. The van der Waals surface area contributed by atoms with E-state index in [-0.39, 0.29) is 11.8 Å². The van der Waals surface area contributed by atoms with Gasteiger partial charge in [0.25, 0.3) is 0 Å². The third-order valence-corrected chi connectivity index (χ3v) is 5.88. The quantitative estimate of drug-likeness (QED) is 0.777. The van der Waals surface area contributed by atoms with Crippen LogP contribution in [0.25, 0.3) is 0 Å². The molecule has 25 heavy (non-hydrogen) atoms. The van der Waals surface area contributed by atoms with E-state index in [1.165, 1.54) is 5.56 Å². The monoisotopic (exact) mass is 359 g/mol. The summed E-state index contributed by atoms with van der Waals surface area (Å²) in [4.78, 5) is 2.31. The molecule has 0 radical (unpaired) electrons. The summed E-state index contributed by atoms with van der Waals surface area (Å²) in [5, 5.41) is 0. The highest BCUT2D eigenvalue weighted by Gasteiger charge is 2.24. The van der Waals surface area contributed by atoms with Crippen LogP contribution >= 0.6 is 0 Å². The molecule has 3 rings (SSSR count). The van der Waals surface area contributed by atoms with Crippen molar-refractivity contribution in [3.8, 4) is 0 Å². The zero-order chi connectivity index (χ0) is 17.7. The van der Waals surface area contributed by atoms with Gasteiger partial charge in [0.2, 0.25) is 10.0 Å². The molecule has 0 amide bonds. The van der Waals surface area contributed by atoms with Crippen LogP contribution in [0, 0.1) is 0 Å². The Balaban J connectivity index is 1.59. The predicted molar refractivity (Wildman–Crippen MR) is 101 cm³/mol. The first-order chi connectivity index (χ1) is 12.0. The van der Waals surface area contributed by atoms with Crippen molar-refractivity contribution in [3.63, 3.8) is 0 Å². The first kappa shape index (κ1) is 17.9. The molecule has 0 aromatic heterocycles. The molecule has 1 aliphatic rings. The molecule has 3 N–H and O–H groups in total. The normalized spacial score (nSPS) is 19.0. The van der Waals surface area contributed by atoms with E-state index in [9.17, 15) is 8.42 Å². The van der Waals surface area contributed by atoms with E-state index in [1.54, 1.807) is 12.1 Å². The minimum absolute atomic E-state index is 0.0487. The van der Waals surface area contributed by atoms with Gasteiger partial charge in [-0.3, -0.25) is 4.90 Å². The summed E-state index contributed by atoms with van der Waals surface area (Å²) in [6.07, 6.45) is 1.86. The molecule has 5 nitrogen and oxygen atoms in total. The number of benzene rings is 2. The highest BCUT2D eigenvalue weighted by Crippen LogP contribution is 2.17. The summed E-state index contributed by atoms with van der Waals surface area (Å²) in [5.74, 6) is -0.0745. The molecule has 1 atom stereocenters. The largest absolute Gasteiger partial charge is 0.398 e. The number of hydrogen-bond acceptors (Lipinski definition) is 4. The maximum absolute atomic E-state index is 12.5. The van der Waals surface area contributed by atoms with Crippen LogP contribution in [0.5, 0.6) is 0 Å². The van der Waals surface area contributed by atoms with Crippen molar-refractivity contribution in [2.45, 2.75) is 31.2 Å². The van der Waals surface area contributed by atoms with Crippen LogP contribution in [0.3, 0.4) is 0 Å². The van der Waals surface area contributed by atoms with Crippen LogP contribution in [0.15, 0.2) is 54.6 Å². The van der Waals surface area contributed by atoms with Gasteiger partial charge in [0, 0.05) is 24.8 Å². The molecule has 1 unspecified atom stereocenters. The molecule has 0 spiro atoms. The van der Waals surface area contributed by atoms with E-state index in [0.717, 1.165) is 32.5 Å². The second kappa shape index (κ2) is 7.99. The Morgan fingerprint density at radius 3 is 2.56 bits per heavy atom. The molecule has 2 aromatic rings. The van der Waals surface area contributed by atoms with Crippen LogP contribution in [0.4, 0.5) is 5.69 Å². The Kier molecular flexibility index (Phi) is 5.73. The molecule has 6 heteroatoms. The highest BCUT2D eigenvalue weighted by molar-refractivity contribution is 7.88. The number of sulfonamides is 1. The second-order valence-corrected chi connectivity index (χ2v) is 8.39. The van der Waals surface area contributed by atoms with E-state index in [2.05, 4.69) is 21.8 Å². The Labute approximate surface area is 149 Å². The topological polar surface area (TPSA) is 75.4 Å².